The molecule has 0 aromatic heterocycles. The number of allylic oxidation sites excluding steroid dienone is 2. The molecule has 0 bridgehead atoms. The number of hydrogen-bond acceptors (Lipinski definition) is 2. The van der Waals surface area contributed by atoms with Gasteiger partial charge in [-0.15, -0.1) is 24.0 Å². The minimum absolute atomic E-state index is 0. The van der Waals surface area contributed by atoms with Crippen LogP contribution in [0, 0.1) is 11.8 Å². The number of rotatable bonds is 4. The average molecular weight is 474 g/mol. The fourth-order valence-electron chi connectivity index (χ4n) is 4.36. The molecule has 3 aliphatic rings. The molecule has 1 aliphatic heterocycles. The highest BCUT2D eigenvalue weighted by Gasteiger charge is 2.31. The highest BCUT2D eigenvalue weighted by Crippen LogP contribution is 2.26. The first-order valence-electron chi connectivity index (χ1n) is 10.2. The zero-order valence-corrected chi connectivity index (χ0v) is 18.4. The Hall–Kier alpha value is -0.790. The molecule has 0 aromatic carbocycles. The second-order valence-corrected chi connectivity index (χ2v) is 7.85. The summed E-state index contributed by atoms with van der Waals surface area (Å²) >= 11 is 0. The molecule has 5 nitrogen and oxygen atoms in total. The predicted octanol–water partition coefficient (Wildman–Crippen LogP) is 3.31. The van der Waals surface area contributed by atoms with Gasteiger partial charge in [0.05, 0.1) is 0 Å². The van der Waals surface area contributed by atoms with Crippen LogP contribution in [0.3, 0.4) is 0 Å². The van der Waals surface area contributed by atoms with E-state index < -0.39 is 0 Å². The Morgan fingerprint density at radius 1 is 1.15 bits per heavy atom. The molecule has 1 heterocycles. The molecule has 1 saturated heterocycles. The summed E-state index contributed by atoms with van der Waals surface area (Å²) in [5.74, 6) is 2.26. The summed E-state index contributed by atoms with van der Waals surface area (Å²) in [6.45, 7) is 2.68. The first kappa shape index (κ1) is 21.5. The molecule has 2 N–H and O–H groups in total. The summed E-state index contributed by atoms with van der Waals surface area (Å²) in [7, 11) is 1.83. The Bertz CT molecular complexity index is 502. The lowest BCUT2D eigenvalue weighted by molar-refractivity contribution is -0.135. The molecule has 2 unspecified atom stereocenters. The molecule has 26 heavy (non-hydrogen) atoms. The molecule has 2 fully saturated rings. The molecular formula is C20H35IN4O. The number of guanidine groups is 1. The fraction of sp³-hybridized carbons (Fsp3) is 0.800. The minimum Gasteiger partial charge on any atom is -0.356 e. The zero-order valence-electron chi connectivity index (χ0n) is 16.1. The fourth-order valence-corrected chi connectivity index (χ4v) is 4.36. The lowest BCUT2D eigenvalue weighted by atomic mass is 9.88. The Balaban J connectivity index is 0.00000243. The predicted molar refractivity (Wildman–Crippen MR) is 118 cm³/mol. The van der Waals surface area contributed by atoms with E-state index in [-0.39, 0.29) is 29.9 Å². The first-order valence-corrected chi connectivity index (χ1v) is 10.2. The molecular weight excluding hydrogens is 439 g/mol. The number of carbonyl (C=O) groups excluding carboxylic acids is 1. The third-order valence-corrected chi connectivity index (χ3v) is 5.95. The topological polar surface area (TPSA) is 56.7 Å². The van der Waals surface area contributed by atoms with Gasteiger partial charge in [-0.05, 0) is 44.4 Å². The van der Waals surface area contributed by atoms with E-state index in [2.05, 4.69) is 32.7 Å². The van der Waals surface area contributed by atoms with Crippen LogP contribution in [0.15, 0.2) is 17.1 Å². The van der Waals surface area contributed by atoms with Crippen molar-refractivity contribution in [2.75, 3.05) is 26.7 Å². The van der Waals surface area contributed by atoms with Crippen molar-refractivity contribution in [2.45, 2.75) is 63.8 Å². The Morgan fingerprint density at radius 2 is 1.96 bits per heavy atom. The highest BCUT2D eigenvalue weighted by atomic mass is 127. The Labute approximate surface area is 175 Å². The number of likely N-dealkylation sites (tertiary alicyclic amines) is 1. The maximum absolute atomic E-state index is 12.7. The van der Waals surface area contributed by atoms with E-state index in [9.17, 15) is 4.79 Å². The second kappa shape index (κ2) is 11.1. The van der Waals surface area contributed by atoms with Crippen LogP contribution >= 0.6 is 24.0 Å². The van der Waals surface area contributed by atoms with Crippen molar-refractivity contribution in [1.29, 1.82) is 0 Å². The molecule has 0 radical (unpaired) electrons. The van der Waals surface area contributed by atoms with Crippen LogP contribution in [0.25, 0.3) is 0 Å². The molecule has 6 heteroatoms. The lowest BCUT2D eigenvalue weighted by Crippen LogP contribution is -2.46. The van der Waals surface area contributed by atoms with Crippen molar-refractivity contribution in [3.8, 4) is 0 Å². The number of nitrogens with zero attached hydrogens (tertiary/aromatic N) is 2. The van der Waals surface area contributed by atoms with E-state index in [1.807, 2.05) is 7.05 Å². The van der Waals surface area contributed by atoms with Crippen molar-refractivity contribution in [3.63, 3.8) is 0 Å². The van der Waals surface area contributed by atoms with Crippen molar-refractivity contribution < 1.29 is 4.79 Å². The van der Waals surface area contributed by atoms with Crippen molar-refractivity contribution >= 4 is 35.8 Å². The monoisotopic (exact) mass is 474 g/mol. The molecule has 2 atom stereocenters. The van der Waals surface area contributed by atoms with Gasteiger partial charge in [-0.25, -0.2) is 0 Å². The van der Waals surface area contributed by atoms with Gasteiger partial charge < -0.3 is 15.5 Å². The van der Waals surface area contributed by atoms with Crippen LogP contribution in [0.1, 0.15) is 57.8 Å². The summed E-state index contributed by atoms with van der Waals surface area (Å²) < 4.78 is 0. The van der Waals surface area contributed by atoms with Crippen molar-refractivity contribution in [2.24, 2.45) is 16.8 Å². The number of carbonyl (C=O) groups is 1. The van der Waals surface area contributed by atoms with Crippen LogP contribution in [0.5, 0.6) is 0 Å². The third kappa shape index (κ3) is 6.13. The summed E-state index contributed by atoms with van der Waals surface area (Å²) in [5, 5.41) is 6.99. The lowest BCUT2D eigenvalue weighted by Gasteiger charge is -2.26. The molecule has 2 aliphatic carbocycles. The van der Waals surface area contributed by atoms with Gasteiger partial charge in [0.2, 0.25) is 5.91 Å². The molecule has 148 valence electrons. The number of nitrogens with one attached hydrogen (secondary N) is 2. The average Bonchev–Trinajstić information content (AvgIpc) is 3.14. The number of halogens is 1. The van der Waals surface area contributed by atoms with E-state index in [1.165, 1.54) is 32.1 Å². The van der Waals surface area contributed by atoms with Gasteiger partial charge in [-0.3, -0.25) is 9.79 Å². The van der Waals surface area contributed by atoms with Gasteiger partial charge >= 0.3 is 0 Å². The summed E-state index contributed by atoms with van der Waals surface area (Å²) in [6.07, 6.45) is 15.1. The maximum Gasteiger partial charge on any atom is 0.225 e. The van der Waals surface area contributed by atoms with E-state index in [0.717, 1.165) is 51.3 Å². The quantitative estimate of drug-likeness (QED) is 0.285. The van der Waals surface area contributed by atoms with Crippen LogP contribution in [-0.4, -0.2) is 49.5 Å². The van der Waals surface area contributed by atoms with Crippen LogP contribution in [-0.2, 0) is 4.79 Å². The SMILES string of the molecule is CN=C(NCC1CC=CCC1)NC1CCN(C(=O)C2CCCCC2)C1.I. The van der Waals surface area contributed by atoms with Crippen LogP contribution in [0.2, 0.25) is 0 Å². The molecule has 0 aromatic rings. The minimum atomic E-state index is 0. The Morgan fingerprint density at radius 3 is 2.65 bits per heavy atom. The summed E-state index contributed by atoms with van der Waals surface area (Å²) in [5.41, 5.74) is 0. The third-order valence-electron chi connectivity index (χ3n) is 5.95. The van der Waals surface area contributed by atoms with E-state index in [0.29, 0.717) is 17.9 Å². The van der Waals surface area contributed by atoms with E-state index in [4.69, 9.17) is 0 Å². The number of aliphatic imine (C=N–C) groups is 1. The molecule has 1 saturated carbocycles. The van der Waals surface area contributed by atoms with E-state index >= 15 is 0 Å². The van der Waals surface area contributed by atoms with Crippen LogP contribution in [0.4, 0.5) is 0 Å². The second-order valence-electron chi connectivity index (χ2n) is 7.85. The molecule has 0 spiro atoms. The van der Waals surface area contributed by atoms with Gasteiger partial charge in [0.25, 0.3) is 0 Å². The smallest absolute Gasteiger partial charge is 0.225 e. The standard InChI is InChI=1S/C20H34N4O.HI/c1-21-20(22-14-16-8-4-2-5-9-16)23-18-12-13-24(15-18)19(25)17-10-6-3-7-11-17;/h2,4,16-18H,3,5-15H2,1H3,(H2,21,22,23);1H. The van der Waals surface area contributed by atoms with Gasteiger partial charge in [-0.1, -0.05) is 31.4 Å². The molecule has 3 rings (SSSR count). The van der Waals surface area contributed by atoms with Crippen molar-refractivity contribution in [1.82, 2.24) is 15.5 Å². The Kier molecular flexibility index (Phi) is 9.22. The first-order chi connectivity index (χ1) is 12.3. The largest absolute Gasteiger partial charge is 0.356 e. The summed E-state index contributed by atoms with van der Waals surface area (Å²) in [6, 6.07) is 0.324. The number of hydrogen-bond donors (Lipinski definition) is 2. The summed E-state index contributed by atoms with van der Waals surface area (Å²) in [4.78, 5) is 19.1. The normalized spacial score (nSPS) is 27.1. The highest BCUT2D eigenvalue weighted by molar-refractivity contribution is 14.0. The maximum atomic E-state index is 12.7. The van der Waals surface area contributed by atoms with Gasteiger partial charge in [0, 0.05) is 38.6 Å². The van der Waals surface area contributed by atoms with Gasteiger partial charge in [0.1, 0.15) is 0 Å². The number of amides is 1. The molecule has 1 amide bonds. The van der Waals surface area contributed by atoms with Crippen molar-refractivity contribution in [3.05, 3.63) is 12.2 Å². The van der Waals surface area contributed by atoms with E-state index in [1.54, 1.807) is 0 Å². The van der Waals surface area contributed by atoms with Gasteiger partial charge in [-0.2, -0.15) is 0 Å². The van der Waals surface area contributed by atoms with Gasteiger partial charge in [0.15, 0.2) is 5.96 Å². The van der Waals surface area contributed by atoms with Crippen LogP contribution < -0.4 is 10.6 Å². The zero-order chi connectivity index (χ0) is 17.5.